The second-order valence-corrected chi connectivity index (χ2v) is 4.05. The molecule has 2 aliphatic rings. The van der Waals surface area contributed by atoms with E-state index in [2.05, 4.69) is 0 Å². The van der Waals surface area contributed by atoms with Crippen LogP contribution in [0.4, 0.5) is 0 Å². The summed E-state index contributed by atoms with van der Waals surface area (Å²) in [6.07, 6.45) is -5.49. The predicted octanol–water partition coefficient (Wildman–Crippen LogP) is -3.51. The first-order chi connectivity index (χ1) is 6.52. The van der Waals surface area contributed by atoms with Crippen molar-refractivity contribution < 1.29 is 25.5 Å². The van der Waals surface area contributed by atoms with E-state index in [0.717, 1.165) is 0 Å². The van der Waals surface area contributed by atoms with Crippen LogP contribution in [0, 0.1) is 0 Å². The Balaban J connectivity index is 2.18. The molecule has 0 spiro atoms. The van der Waals surface area contributed by atoms with Crippen molar-refractivity contribution in [1.29, 1.82) is 0 Å². The molecule has 6 heteroatoms. The van der Waals surface area contributed by atoms with Crippen LogP contribution < -0.4 is 0 Å². The number of hydrogen-bond acceptors (Lipinski definition) is 6. The molecular weight excluding hydrogens is 190 g/mol. The molecule has 0 bridgehead atoms. The van der Waals surface area contributed by atoms with Crippen molar-refractivity contribution in [3.8, 4) is 0 Å². The molecule has 2 heterocycles. The monoisotopic (exact) mass is 205 g/mol. The highest BCUT2D eigenvalue weighted by atomic mass is 16.4. The van der Waals surface area contributed by atoms with E-state index in [0.29, 0.717) is 0 Å². The van der Waals surface area contributed by atoms with Crippen molar-refractivity contribution >= 4 is 0 Å². The van der Waals surface area contributed by atoms with Gasteiger partial charge in [0.2, 0.25) is 0 Å². The summed E-state index contributed by atoms with van der Waals surface area (Å²) < 4.78 is 0. The van der Waals surface area contributed by atoms with E-state index in [9.17, 15) is 25.5 Å². The molecule has 0 unspecified atom stereocenters. The Hall–Kier alpha value is -0.240. The summed E-state index contributed by atoms with van der Waals surface area (Å²) in [5.41, 5.74) is 0. The maximum Gasteiger partial charge on any atom is 0.109 e. The van der Waals surface area contributed by atoms with Crippen LogP contribution in [0.25, 0.3) is 0 Å². The summed E-state index contributed by atoms with van der Waals surface area (Å²) in [5.74, 6) is 0. The minimum atomic E-state index is -1.25. The van der Waals surface area contributed by atoms with Gasteiger partial charge in [0.1, 0.15) is 12.2 Å². The summed E-state index contributed by atoms with van der Waals surface area (Å²) >= 11 is 0. The largest absolute Gasteiger partial charge is 0.389 e. The SMILES string of the molecule is O[C@@H]1[C@@H](O)[C@@H](O)CN2C[C@H](O)[C@@H](O)[C@H]12. The van der Waals surface area contributed by atoms with Crippen LogP contribution in [0.3, 0.4) is 0 Å². The average molecular weight is 205 g/mol. The fourth-order valence-electron chi connectivity index (χ4n) is 2.31. The molecule has 14 heavy (non-hydrogen) atoms. The van der Waals surface area contributed by atoms with E-state index < -0.39 is 36.6 Å². The number of fused-ring (bicyclic) bond motifs is 1. The van der Waals surface area contributed by atoms with Gasteiger partial charge in [0.15, 0.2) is 0 Å². The first-order valence-electron chi connectivity index (χ1n) is 4.66. The molecule has 5 N–H and O–H groups in total. The van der Waals surface area contributed by atoms with Crippen LogP contribution >= 0.6 is 0 Å². The fourth-order valence-corrected chi connectivity index (χ4v) is 2.31. The quantitative estimate of drug-likeness (QED) is 0.281. The average Bonchev–Trinajstić information content (AvgIpc) is 2.39. The smallest absolute Gasteiger partial charge is 0.109 e. The Labute approximate surface area is 81.0 Å². The molecule has 0 amide bonds. The van der Waals surface area contributed by atoms with Gasteiger partial charge in [-0.2, -0.15) is 0 Å². The third-order valence-corrected chi connectivity index (χ3v) is 3.10. The molecule has 2 aliphatic heterocycles. The van der Waals surface area contributed by atoms with Crippen LogP contribution in [0.1, 0.15) is 0 Å². The number of aliphatic hydroxyl groups excluding tert-OH is 5. The first-order valence-corrected chi connectivity index (χ1v) is 4.66. The lowest BCUT2D eigenvalue weighted by Crippen LogP contribution is -2.61. The van der Waals surface area contributed by atoms with Gasteiger partial charge in [0, 0.05) is 13.1 Å². The third kappa shape index (κ3) is 1.35. The highest BCUT2D eigenvalue weighted by molar-refractivity contribution is 5.04. The van der Waals surface area contributed by atoms with Crippen molar-refractivity contribution in [2.75, 3.05) is 13.1 Å². The van der Waals surface area contributed by atoms with Crippen molar-refractivity contribution in [2.24, 2.45) is 0 Å². The molecule has 6 atom stereocenters. The van der Waals surface area contributed by atoms with Crippen LogP contribution in [0.5, 0.6) is 0 Å². The zero-order valence-electron chi connectivity index (χ0n) is 7.56. The molecule has 2 saturated heterocycles. The van der Waals surface area contributed by atoms with Crippen LogP contribution in [-0.2, 0) is 0 Å². The van der Waals surface area contributed by atoms with E-state index in [1.54, 1.807) is 4.90 Å². The summed E-state index contributed by atoms with van der Waals surface area (Å²) in [7, 11) is 0. The van der Waals surface area contributed by atoms with Crippen molar-refractivity contribution in [3.05, 3.63) is 0 Å². The Morgan fingerprint density at radius 2 is 1.21 bits per heavy atom. The van der Waals surface area contributed by atoms with Gasteiger partial charge >= 0.3 is 0 Å². The molecule has 0 aromatic rings. The number of hydrogen-bond donors (Lipinski definition) is 5. The topological polar surface area (TPSA) is 104 Å². The van der Waals surface area contributed by atoms with E-state index in [1.807, 2.05) is 0 Å². The van der Waals surface area contributed by atoms with Gasteiger partial charge < -0.3 is 25.5 Å². The molecule has 0 aliphatic carbocycles. The van der Waals surface area contributed by atoms with Gasteiger partial charge in [0.05, 0.1) is 24.4 Å². The van der Waals surface area contributed by atoms with Crippen LogP contribution in [0.2, 0.25) is 0 Å². The van der Waals surface area contributed by atoms with E-state index in [-0.39, 0.29) is 13.1 Å². The maximum atomic E-state index is 9.58. The number of rotatable bonds is 0. The summed E-state index contributed by atoms with van der Waals surface area (Å²) in [6, 6.07) is -0.677. The highest BCUT2D eigenvalue weighted by Gasteiger charge is 2.51. The molecule has 2 rings (SSSR count). The minimum absolute atomic E-state index is 0.164. The Kier molecular flexibility index (Phi) is 2.50. The second kappa shape index (κ2) is 3.41. The fraction of sp³-hybridized carbons (Fsp3) is 1.00. The lowest BCUT2D eigenvalue weighted by Gasteiger charge is -2.40. The van der Waals surface area contributed by atoms with Gasteiger partial charge in [-0.3, -0.25) is 4.90 Å². The van der Waals surface area contributed by atoms with Gasteiger partial charge in [-0.15, -0.1) is 0 Å². The number of piperidine rings is 1. The molecular formula is C8H15NO5. The Morgan fingerprint density at radius 3 is 1.79 bits per heavy atom. The standard InChI is InChI=1S/C8H15NO5/c10-3-1-9-2-4(11)7(13)8(14)5(9)6(3)12/h3-8,10-14H,1-2H2/t3-,4-,5+,6+,7-,8-/m0/s1. The summed E-state index contributed by atoms with van der Waals surface area (Å²) in [5, 5.41) is 47.2. The molecule has 0 aromatic heterocycles. The molecule has 0 radical (unpaired) electrons. The molecule has 0 aromatic carbocycles. The van der Waals surface area contributed by atoms with Gasteiger partial charge in [-0.1, -0.05) is 0 Å². The zero-order valence-corrected chi connectivity index (χ0v) is 7.56. The summed E-state index contributed by atoms with van der Waals surface area (Å²) in [6.45, 7) is 0.379. The van der Waals surface area contributed by atoms with Gasteiger partial charge in [-0.25, -0.2) is 0 Å². The summed E-state index contributed by atoms with van der Waals surface area (Å²) in [4.78, 5) is 1.59. The lowest BCUT2D eigenvalue weighted by molar-refractivity contribution is -0.142. The number of aliphatic hydroxyl groups is 5. The van der Waals surface area contributed by atoms with Crippen molar-refractivity contribution in [1.82, 2.24) is 4.90 Å². The Bertz CT molecular complexity index is 224. The molecule has 6 nitrogen and oxygen atoms in total. The van der Waals surface area contributed by atoms with Gasteiger partial charge in [-0.05, 0) is 0 Å². The van der Waals surface area contributed by atoms with Crippen molar-refractivity contribution in [2.45, 2.75) is 36.6 Å². The highest BCUT2D eigenvalue weighted by Crippen LogP contribution is 2.28. The molecule has 82 valence electrons. The van der Waals surface area contributed by atoms with Crippen LogP contribution in [0.15, 0.2) is 0 Å². The van der Waals surface area contributed by atoms with E-state index >= 15 is 0 Å². The van der Waals surface area contributed by atoms with Gasteiger partial charge in [0.25, 0.3) is 0 Å². The predicted molar refractivity (Wildman–Crippen MR) is 45.4 cm³/mol. The van der Waals surface area contributed by atoms with Crippen LogP contribution in [-0.4, -0.2) is 80.1 Å². The first kappa shape index (κ1) is 10.3. The minimum Gasteiger partial charge on any atom is -0.389 e. The molecule has 0 saturated carbocycles. The second-order valence-electron chi connectivity index (χ2n) is 4.05. The normalized spacial score (nSPS) is 54.6. The maximum absolute atomic E-state index is 9.58. The van der Waals surface area contributed by atoms with Crippen molar-refractivity contribution in [3.63, 3.8) is 0 Å². The zero-order chi connectivity index (χ0) is 10.5. The molecule has 2 fully saturated rings. The Morgan fingerprint density at radius 1 is 0.714 bits per heavy atom. The lowest BCUT2D eigenvalue weighted by atomic mass is 9.93. The van der Waals surface area contributed by atoms with E-state index in [1.165, 1.54) is 0 Å². The third-order valence-electron chi connectivity index (χ3n) is 3.10. The van der Waals surface area contributed by atoms with E-state index in [4.69, 9.17) is 0 Å². The number of nitrogens with zero attached hydrogens (tertiary/aromatic N) is 1.